The number of carbonyl (C=O) groups excluding carboxylic acids is 1. The first-order chi connectivity index (χ1) is 9.96. The standard InChI is InChI=1S/C13H15F3N2O3S/c1-8-2-4-10(5-3-8)22(20,21)18-12(11(17)19)6-9(12)7-13(14,15)16/h2-5,9,18H,6-7H2,1H3,(H2,17,19). The number of hydrogen-bond acceptors (Lipinski definition) is 3. The van der Waals surface area contributed by atoms with Gasteiger partial charge < -0.3 is 5.73 Å². The van der Waals surface area contributed by atoms with E-state index in [0.29, 0.717) is 0 Å². The molecule has 5 nitrogen and oxygen atoms in total. The molecule has 1 saturated carbocycles. The van der Waals surface area contributed by atoms with Crippen molar-refractivity contribution in [2.75, 3.05) is 0 Å². The summed E-state index contributed by atoms with van der Waals surface area (Å²) in [5.74, 6) is -2.28. The summed E-state index contributed by atoms with van der Waals surface area (Å²) in [7, 11) is -4.12. The Balaban J connectivity index is 2.23. The molecule has 0 aromatic heterocycles. The van der Waals surface area contributed by atoms with Crippen molar-refractivity contribution in [2.45, 2.75) is 36.4 Å². The van der Waals surface area contributed by atoms with Gasteiger partial charge in [0.05, 0.1) is 4.90 Å². The van der Waals surface area contributed by atoms with Crippen molar-refractivity contribution >= 4 is 15.9 Å². The number of nitrogens with two attached hydrogens (primary N) is 1. The maximum Gasteiger partial charge on any atom is 0.389 e. The molecule has 0 spiro atoms. The third-order valence-corrected chi connectivity index (χ3v) is 5.20. The lowest BCUT2D eigenvalue weighted by Crippen LogP contribution is -2.48. The van der Waals surface area contributed by atoms with Gasteiger partial charge in [0.1, 0.15) is 5.54 Å². The molecule has 0 radical (unpaired) electrons. The van der Waals surface area contributed by atoms with Gasteiger partial charge in [-0.25, -0.2) is 8.42 Å². The monoisotopic (exact) mass is 336 g/mol. The largest absolute Gasteiger partial charge is 0.389 e. The molecule has 1 amide bonds. The Morgan fingerprint density at radius 2 is 1.91 bits per heavy atom. The number of amides is 1. The van der Waals surface area contributed by atoms with E-state index < -0.39 is 40.0 Å². The van der Waals surface area contributed by atoms with Crippen LogP contribution in [-0.4, -0.2) is 26.0 Å². The Morgan fingerprint density at radius 1 is 1.36 bits per heavy atom. The van der Waals surface area contributed by atoms with E-state index in [1.165, 1.54) is 12.1 Å². The smallest absolute Gasteiger partial charge is 0.368 e. The Kier molecular flexibility index (Phi) is 3.99. The molecule has 22 heavy (non-hydrogen) atoms. The topological polar surface area (TPSA) is 89.3 Å². The molecule has 2 rings (SSSR count). The maximum atomic E-state index is 12.4. The van der Waals surface area contributed by atoms with Gasteiger partial charge in [-0.1, -0.05) is 17.7 Å². The summed E-state index contributed by atoms with van der Waals surface area (Å²) < 4.78 is 63.8. The van der Waals surface area contributed by atoms with Gasteiger partial charge in [-0.3, -0.25) is 4.79 Å². The Labute approximate surface area is 125 Å². The van der Waals surface area contributed by atoms with E-state index in [0.717, 1.165) is 5.56 Å². The van der Waals surface area contributed by atoms with Crippen LogP contribution in [-0.2, 0) is 14.8 Å². The SMILES string of the molecule is Cc1ccc(S(=O)(=O)NC2(C(N)=O)CC2CC(F)(F)F)cc1. The molecule has 3 N–H and O–H groups in total. The van der Waals surface area contributed by atoms with Crippen LogP contribution < -0.4 is 10.5 Å². The zero-order valence-electron chi connectivity index (χ0n) is 11.6. The Morgan fingerprint density at radius 3 is 2.36 bits per heavy atom. The van der Waals surface area contributed by atoms with Crippen molar-refractivity contribution in [3.8, 4) is 0 Å². The first-order valence-electron chi connectivity index (χ1n) is 6.43. The van der Waals surface area contributed by atoms with Crippen LogP contribution in [0.25, 0.3) is 0 Å². The van der Waals surface area contributed by atoms with E-state index in [4.69, 9.17) is 5.73 Å². The first kappa shape index (κ1) is 16.8. The van der Waals surface area contributed by atoms with Crippen LogP contribution in [0.5, 0.6) is 0 Å². The van der Waals surface area contributed by atoms with Gasteiger partial charge in [0.25, 0.3) is 0 Å². The number of benzene rings is 1. The summed E-state index contributed by atoms with van der Waals surface area (Å²) in [5.41, 5.74) is 4.08. The normalized spacial score (nSPS) is 25.0. The lowest BCUT2D eigenvalue weighted by atomic mass is 10.1. The summed E-state index contributed by atoms with van der Waals surface area (Å²) in [4.78, 5) is 11.3. The number of halogens is 3. The predicted octanol–water partition coefficient (Wildman–Crippen LogP) is 1.47. The van der Waals surface area contributed by atoms with Gasteiger partial charge in [0, 0.05) is 6.42 Å². The highest BCUT2D eigenvalue weighted by Gasteiger charge is 2.63. The van der Waals surface area contributed by atoms with E-state index in [1.54, 1.807) is 19.1 Å². The van der Waals surface area contributed by atoms with E-state index in [1.807, 2.05) is 4.72 Å². The van der Waals surface area contributed by atoms with Crippen molar-refractivity contribution in [1.82, 2.24) is 4.72 Å². The maximum absolute atomic E-state index is 12.4. The van der Waals surface area contributed by atoms with Crippen LogP contribution in [0.3, 0.4) is 0 Å². The molecule has 2 unspecified atom stereocenters. The molecule has 0 bridgehead atoms. The Hall–Kier alpha value is -1.61. The highest BCUT2D eigenvalue weighted by molar-refractivity contribution is 7.89. The van der Waals surface area contributed by atoms with Crippen molar-refractivity contribution in [3.63, 3.8) is 0 Å². The van der Waals surface area contributed by atoms with Crippen LogP contribution in [0.4, 0.5) is 13.2 Å². The molecule has 1 aliphatic rings. The second-order valence-electron chi connectivity index (χ2n) is 5.47. The molecule has 0 aliphatic heterocycles. The average molecular weight is 336 g/mol. The molecule has 9 heteroatoms. The molecule has 1 aromatic rings. The lowest BCUT2D eigenvalue weighted by Gasteiger charge is -2.17. The molecular weight excluding hydrogens is 321 g/mol. The molecule has 1 fully saturated rings. The number of alkyl halides is 3. The number of rotatable bonds is 5. The zero-order valence-corrected chi connectivity index (χ0v) is 12.5. The van der Waals surface area contributed by atoms with E-state index in [2.05, 4.69) is 0 Å². The summed E-state index contributed by atoms with van der Waals surface area (Å²) in [6, 6.07) is 5.72. The third kappa shape index (κ3) is 3.41. The van der Waals surface area contributed by atoms with Gasteiger partial charge in [-0.05, 0) is 31.4 Å². The number of primary amides is 1. The fourth-order valence-corrected chi connectivity index (χ4v) is 3.79. The molecule has 0 heterocycles. The van der Waals surface area contributed by atoms with Gasteiger partial charge in [-0.2, -0.15) is 17.9 Å². The number of sulfonamides is 1. The second kappa shape index (κ2) is 5.24. The first-order valence-corrected chi connectivity index (χ1v) is 7.92. The summed E-state index contributed by atoms with van der Waals surface area (Å²) in [6.07, 6.45) is -6.00. The molecule has 1 aliphatic carbocycles. The highest BCUT2D eigenvalue weighted by Crippen LogP contribution is 2.50. The predicted molar refractivity (Wildman–Crippen MR) is 72.2 cm³/mol. The zero-order chi connectivity index (χ0) is 16.8. The fourth-order valence-electron chi connectivity index (χ4n) is 2.35. The third-order valence-electron chi connectivity index (χ3n) is 3.67. The van der Waals surface area contributed by atoms with Gasteiger partial charge in [-0.15, -0.1) is 0 Å². The fraction of sp³-hybridized carbons (Fsp3) is 0.462. The minimum Gasteiger partial charge on any atom is -0.368 e. The summed E-state index contributed by atoms with van der Waals surface area (Å²) in [6.45, 7) is 1.76. The number of carbonyl (C=O) groups is 1. The number of aryl methyl sites for hydroxylation is 1. The van der Waals surface area contributed by atoms with E-state index in [9.17, 15) is 26.4 Å². The minimum atomic E-state index is -4.49. The van der Waals surface area contributed by atoms with E-state index >= 15 is 0 Å². The highest BCUT2D eigenvalue weighted by atomic mass is 32.2. The minimum absolute atomic E-state index is 0.128. The molecule has 0 saturated heterocycles. The Bertz CT molecular complexity index is 685. The molecule has 2 atom stereocenters. The lowest BCUT2D eigenvalue weighted by molar-refractivity contribution is -0.140. The van der Waals surface area contributed by atoms with Crippen LogP contribution in [0.15, 0.2) is 29.2 Å². The van der Waals surface area contributed by atoms with Crippen molar-refractivity contribution in [2.24, 2.45) is 11.7 Å². The summed E-state index contributed by atoms with van der Waals surface area (Å²) >= 11 is 0. The second-order valence-corrected chi connectivity index (χ2v) is 7.16. The van der Waals surface area contributed by atoms with Crippen LogP contribution in [0.1, 0.15) is 18.4 Å². The van der Waals surface area contributed by atoms with Gasteiger partial charge in [0.15, 0.2) is 0 Å². The van der Waals surface area contributed by atoms with Crippen LogP contribution in [0, 0.1) is 12.8 Å². The van der Waals surface area contributed by atoms with E-state index in [-0.39, 0.29) is 11.3 Å². The quantitative estimate of drug-likeness (QED) is 0.853. The molecule has 122 valence electrons. The van der Waals surface area contributed by atoms with Crippen molar-refractivity contribution < 1.29 is 26.4 Å². The van der Waals surface area contributed by atoms with Crippen LogP contribution >= 0.6 is 0 Å². The molecule has 1 aromatic carbocycles. The number of hydrogen-bond donors (Lipinski definition) is 2. The van der Waals surface area contributed by atoms with Gasteiger partial charge in [0.2, 0.25) is 15.9 Å². The molecular formula is C13H15F3N2O3S. The van der Waals surface area contributed by atoms with Crippen molar-refractivity contribution in [3.05, 3.63) is 29.8 Å². The van der Waals surface area contributed by atoms with Crippen LogP contribution in [0.2, 0.25) is 0 Å². The number of nitrogens with one attached hydrogen (secondary N) is 1. The average Bonchev–Trinajstić information content (AvgIpc) is 3.00. The van der Waals surface area contributed by atoms with Crippen molar-refractivity contribution in [1.29, 1.82) is 0 Å². The van der Waals surface area contributed by atoms with Gasteiger partial charge >= 0.3 is 6.18 Å². The summed E-state index contributed by atoms with van der Waals surface area (Å²) in [5, 5.41) is 0.